The van der Waals surface area contributed by atoms with Gasteiger partial charge in [-0.3, -0.25) is 4.79 Å². The molecule has 3 fully saturated rings. The predicted octanol–water partition coefficient (Wildman–Crippen LogP) is 3.15. The van der Waals surface area contributed by atoms with Gasteiger partial charge in [0.1, 0.15) is 5.78 Å². The Hall–Kier alpha value is -1.40. The van der Waals surface area contributed by atoms with E-state index in [1.165, 1.54) is 16.8 Å². The van der Waals surface area contributed by atoms with Gasteiger partial charge in [0.05, 0.1) is 5.75 Å². The highest BCUT2D eigenvalue weighted by molar-refractivity contribution is 7.89. The molecular formula is C22H32N2O3S. The first-order valence-electron chi connectivity index (χ1n) is 10.4. The number of fused-ring (bicyclic) bond motifs is 2. The Morgan fingerprint density at radius 3 is 2.18 bits per heavy atom. The summed E-state index contributed by atoms with van der Waals surface area (Å²) >= 11 is 0. The maximum Gasteiger partial charge on any atom is 0.215 e. The summed E-state index contributed by atoms with van der Waals surface area (Å²) in [5, 5.41) is 0. The first-order chi connectivity index (χ1) is 13.1. The number of anilines is 1. The molecule has 1 aromatic carbocycles. The van der Waals surface area contributed by atoms with E-state index in [9.17, 15) is 13.2 Å². The molecule has 0 aromatic heterocycles. The van der Waals surface area contributed by atoms with Crippen molar-refractivity contribution in [3.63, 3.8) is 0 Å². The predicted molar refractivity (Wildman–Crippen MR) is 112 cm³/mol. The molecule has 0 radical (unpaired) electrons. The van der Waals surface area contributed by atoms with Crippen molar-refractivity contribution in [1.82, 2.24) is 4.31 Å². The van der Waals surface area contributed by atoms with Crippen LogP contribution in [0.4, 0.5) is 5.69 Å². The van der Waals surface area contributed by atoms with Crippen LogP contribution in [0.2, 0.25) is 0 Å². The molecule has 0 spiro atoms. The molecule has 2 aliphatic carbocycles. The molecule has 4 rings (SSSR count). The molecule has 3 aliphatic rings. The van der Waals surface area contributed by atoms with Gasteiger partial charge in [-0.2, -0.15) is 4.31 Å². The summed E-state index contributed by atoms with van der Waals surface area (Å²) in [5.74, 6) is 0.508. The largest absolute Gasteiger partial charge is 0.368 e. The number of hydrogen-bond acceptors (Lipinski definition) is 4. The number of ketones is 1. The third-order valence-electron chi connectivity index (χ3n) is 7.96. The molecule has 1 aliphatic heterocycles. The lowest BCUT2D eigenvalue weighted by atomic mass is 9.70. The van der Waals surface area contributed by atoms with Crippen molar-refractivity contribution in [1.29, 1.82) is 0 Å². The van der Waals surface area contributed by atoms with E-state index in [-0.39, 0.29) is 17.0 Å². The van der Waals surface area contributed by atoms with Gasteiger partial charge in [-0.05, 0) is 49.1 Å². The van der Waals surface area contributed by atoms with Gasteiger partial charge in [-0.15, -0.1) is 0 Å². The molecule has 0 unspecified atom stereocenters. The number of carbonyl (C=O) groups excluding carboxylic acids is 1. The van der Waals surface area contributed by atoms with Crippen molar-refractivity contribution in [2.45, 2.75) is 47.0 Å². The van der Waals surface area contributed by atoms with Crippen LogP contribution in [-0.4, -0.2) is 50.4 Å². The van der Waals surface area contributed by atoms with Gasteiger partial charge in [0.25, 0.3) is 0 Å². The second-order valence-corrected chi connectivity index (χ2v) is 11.5. The topological polar surface area (TPSA) is 57.7 Å². The lowest BCUT2D eigenvalue weighted by Gasteiger charge is -2.40. The lowest BCUT2D eigenvalue weighted by Crippen LogP contribution is -2.53. The molecule has 28 heavy (non-hydrogen) atoms. The van der Waals surface area contributed by atoms with E-state index >= 15 is 0 Å². The molecule has 2 saturated carbocycles. The highest BCUT2D eigenvalue weighted by Crippen LogP contribution is 2.64. The third kappa shape index (κ3) is 2.83. The van der Waals surface area contributed by atoms with E-state index in [1.807, 2.05) is 0 Å². The number of Topliss-reactive ketones (excluding diaryl/α,β-unsaturated/α-hetero) is 1. The second-order valence-electron chi connectivity index (χ2n) is 9.55. The third-order valence-corrected chi connectivity index (χ3v) is 9.97. The summed E-state index contributed by atoms with van der Waals surface area (Å²) in [6, 6.07) is 6.27. The van der Waals surface area contributed by atoms with Crippen LogP contribution in [0.3, 0.4) is 0 Å². The highest BCUT2D eigenvalue weighted by atomic mass is 32.2. The number of hydrogen-bond donors (Lipinski definition) is 0. The van der Waals surface area contributed by atoms with Crippen LogP contribution in [0.15, 0.2) is 18.2 Å². The van der Waals surface area contributed by atoms with Crippen molar-refractivity contribution in [3.8, 4) is 0 Å². The molecule has 0 N–H and O–H groups in total. The Morgan fingerprint density at radius 1 is 1.07 bits per heavy atom. The van der Waals surface area contributed by atoms with Gasteiger partial charge >= 0.3 is 0 Å². The molecule has 2 atom stereocenters. The minimum absolute atomic E-state index is 0.00821. The smallest absolute Gasteiger partial charge is 0.215 e. The van der Waals surface area contributed by atoms with Crippen molar-refractivity contribution >= 4 is 21.5 Å². The quantitative estimate of drug-likeness (QED) is 0.774. The van der Waals surface area contributed by atoms with Crippen LogP contribution in [0.1, 0.15) is 44.2 Å². The Morgan fingerprint density at radius 2 is 1.68 bits per heavy atom. The van der Waals surface area contributed by atoms with Crippen molar-refractivity contribution in [3.05, 3.63) is 29.3 Å². The molecule has 2 bridgehead atoms. The van der Waals surface area contributed by atoms with Crippen LogP contribution in [0.25, 0.3) is 0 Å². The fraction of sp³-hybridized carbons (Fsp3) is 0.682. The molecule has 154 valence electrons. The van der Waals surface area contributed by atoms with E-state index in [1.54, 1.807) is 4.31 Å². The Kier molecular flexibility index (Phi) is 4.66. The number of para-hydroxylation sites is 1. The second kappa shape index (κ2) is 6.56. The summed E-state index contributed by atoms with van der Waals surface area (Å²) < 4.78 is 28.2. The van der Waals surface area contributed by atoms with Gasteiger partial charge in [-0.25, -0.2) is 8.42 Å². The average Bonchev–Trinajstić information content (AvgIpc) is 2.96. The summed E-state index contributed by atoms with van der Waals surface area (Å²) in [5.41, 5.74) is 2.79. The first-order valence-corrected chi connectivity index (χ1v) is 12.0. The minimum Gasteiger partial charge on any atom is -0.368 e. The van der Waals surface area contributed by atoms with Crippen molar-refractivity contribution < 1.29 is 13.2 Å². The van der Waals surface area contributed by atoms with E-state index in [0.29, 0.717) is 38.5 Å². The van der Waals surface area contributed by atoms with Gasteiger partial charge in [-0.1, -0.05) is 32.0 Å². The monoisotopic (exact) mass is 404 g/mol. The summed E-state index contributed by atoms with van der Waals surface area (Å²) in [4.78, 5) is 15.1. The zero-order valence-corrected chi connectivity index (χ0v) is 18.3. The number of nitrogens with zero attached hydrogens (tertiary/aromatic N) is 2. The first kappa shape index (κ1) is 19.9. The SMILES string of the molecule is Cc1cccc(C)c1N1CCN(S(=O)(=O)C[C@@]23CC[C@H](CC2=O)C3(C)C)CC1. The number of sulfonamides is 1. The van der Waals surface area contributed by atoms with Crippen LogP contribution in [0, 0.1) is 30.6 Å². The summed E-state index contributed by atoms with van der Waals surface area (Å²) in [7, 11) is -3.45. The van der Waals surface area contributed by atoms with E-state index < -0.39 is 15.4 Å². The average molecular weight is 405 g/mol. The van der Waals surface area contributed by atoms with E-state index in [4.69, 9.17) is 0 Å². The van der Waals surface area contributed by atoms with E-state index in [2.05, 4.69) is 50.8 Å². The van der Waals surface area contributed by atoms with Crippen molar-refractivity contribution in [2.24, 2.45) is 16.7 Å². The molecule has 1 heterocycles. The molecule has 1 saturated heterocycles. The zero-order valence-electron chi connectivity index (χ0n) is 17.5. The number of piperazine rings is 1. The maximum absolute atomic E-state index is 13.3. The number of aryl methyl sites for hydroxylation is 2. The molecule has 6 heteroatoms. The summed E-state index contributed by atoms with van der Waals surface area (Å²) in [6.45, 7) is 10.8. The van der Waals surface area contributed by atoms with Crippen LogP contribution in [0.5, 0.6) is 0 Å². The maximum atomic E-state index is 13.3. The number of carbonyl (C=O) groups is 1. The van der Waals surface area contributed by atoms with Crippen LogP contribution < -0.4 is 4.90 Å². The van der Waals surface area contributed by atoms with Crippen molar-refractivity contribution in [2.75, 3.05) is 36.8 Å². The Bertz CT molecular complexity index is 880. The Labute approximate surface area is 169 Å². The normalized spacial score (nSPS) is 30.2. The fourth-order valence-corrected chi connectivity index (χ4v) is 8.21. The van der Waals surface area contributed by atoms with Gasteiger partial charge in [0.2, 0.25) is 10.0 Å². The lowest BCUT2D eigenvalue weighted by molar-refractivity contribution is -0.128. The van der Waals surface area contributed by atoms with E-state index in [0.717, 1.165) is 12.8 Å². The van der Waals surface area contributed by atoms with Gasteiger partial charge < -0.3 is 4.90 Å². The standard InChI is InChI=1S/C22H32N2O3S/c1-16-6-5-7-17(2)20(16)23-10-12-24(13-11-23)28(26,27)15-22-9-8-18(14-19(22)25)21(22,3)4/h5-7,18H,8-15H2,1-4H3/t18-,22+/m1/s1. The molecular weight excluding hydrogens is 372 g/mol. The summed E-state index contributed by atoms with van der Waals surface area (Å²) in [6.07, 6.45) is 2.27. The highest BCUT2D eigenvalue weighted by Gasteiger charge is 2.65. The van der Waals surface area contributed by atoms with Crippen LogP contribution in [-0.2, 0) is 14.8 Å². The van der Waals surface area contributed by atoms with Crippen LogP contribution >= 0.6 is 0 Å². The molecule has 5 nitrogen and oxygen atoms in total. The number of benzene rings is 1. The van der Waals surface area contributed by atoms with Gasteiger partial charge in [0.15, 0.2) is 0 Å². The fourth-order valence-electron chi connectivity index (χ4n) is 6.01. The minimum atomic E-state index is -3.45. The molecule has 0 amide bonds. The molecule has 1 aromatic rings. The zero-order chi connectivity index (χ0) is 20.3. The number of rotatable bonds is 4. The van der Waals surface area contributed by atoms with Gasteiger partial charge in [0, 0.05) is 43.7 Å². The Balaban J connectivity index is 1.50.